The van der Waals surface area contributed by atoms with E-state index in [1.54, 1.807) is 26.0 Å². The van der Waals surface area contributed by atoms with E-state index in [0.29, 0.717) is 23.0 Å². The van der Waals surface area contributed by atoms with E-state index < -0.39 is 6.04 Å². The molecule has 7 heteroatoms. The molecule has 0 spiro atoms. The van der Waals surface area contributed by atoms with Crippen LogP contribution in [0, 0.1) is 5.92 Å². The molecule has 1 unspecified atom stereocenters. The molecular weight excluding hydrogens is 410 g/mol. The fourth-order valence-corrected chi connectivity index (χ4v) is 4.15. The number of thioether (sulfide) groups is 1. The number of amidine groups is 1. The van der Waals surface area contributed by atoms with Crippen LogP contribution in [0.3, 0.4) is 0 Å². The van der Waals surface area contributed by atoms with Crippen molar-refractivity contribution >= 4 is 28.5 Å². The number of anilines is 1. The molecular formula is C24H29N3O3S. The van der Waals surface area contributed by atoms with Gasteiger partial charge in [0.15, 0.2) is 5.17 Å². The molecule has 2 aromatic rings. The maximum absolute atomic E-state index is 13.3. The van der Waals surface area contributed by atoms with Crippen LogP contribution in [0.1, 0.15) is 32.4 Å². The van der Waals surface area contributed by atoms with Crippen LogP contribution < -0.4 is 20.1 Å². The zero-order chi connectivity index (χ0) is 22.4. The van der Waals surface area contributed by atoms with Crippen LogP contribution >= 0.6 is 11.8 Å². The van der Waals surface area contributed by atoms with Gasteiger partial charge in [0.05, 0.1) is 19.8 Å². The monoisotopic (exact) mass is 439 g/mol. The lowest BCUT2D eigenvalue weighted by Crippen LogP contribution is -2.32. The number of carbonyl (C=O) groups is 1. The number of nitrogens with zero attached hydrogens (tertiary/aromatic N) is 1. The number of nitrogens with one attached hydrogen (secondary N) is 2. The molecule has 1 amide bonds. The van der Waals surface area contributed by atoms with Crippen LogP contribution in [-0.4, -0.2) is 31.0 Å². The number of carbonyl (C=O) groups excluding carboxylic acids is 1. The predicted octanol–water partition coefficient (Wildman–Crippen LogP) is 5.01. The van der Waals surface area contributed by atoms with E-state index in [0.717, 1.165) is 27.9 Å². The van der Waals surface area contributed by atoms with Crippen molar-refractivity contribution in [2.24, 2.45) is 10.9 Å². The second kappa shape index (κ2) is 10.4. The first-order chi connectivity index (χ1) is 14.9. The number of allylic oxidation sites excluding steroid dienone is 1. The van der Waals surface area contributed by atoms with E-state index in [2.05, 4.69) is 24.5 Å². The third-order valence-electron chi connectivity index (χ3n) is 4.78. The Morgan fingerprint density at radius 1 is 1.16 bits per heavy atom. The van der Waals surface area contributed by atoms with E-state index in [9.17, 15) is 4.79 Å². The summed E-state index contributed by atoms with van der Waals surface area (Å²) in [7, 11) is 3.22. The number of hydrogen-bond donors (Lipinski definition) is 2. The Hall–Kier alpha value is -2.93. The summed E-state index contributed by atoms with van der Waals surface area (Å²) in [5.74, 6) is 2.56. The fraction of sp³-hybridized carbons (Fsp3) is 0.333. The Morgan fingerprint density at radius 2 is 1.90 bits per heavy atom. The highest BCUT2D eigenvalue weighted by atomic mass is 32.2. The van der Waals surface area contributed by atoms with E-state index in [1.807, 2.05) is 55.5 Å². The van der Waals surface area contributed by atoms with E-state index >= 15 is 0 Å². The van der Waals surface area contributed by atoms with Gasteiger partial charge in [0.2, 0.25) is 0 Å². The predicted molar refractivity (Wildman–Crippen MR) is 128 cm³/mol. The number of aliphatic imine (C=N–C) groups is 1. The number of methoxy groups -OCH3 is 2. The van der Waals surface area contributed by atoms with Gasteiger partial charge in [0, 0.05) is 28.8 Å². The number of para-hydroxylation sites is 1. The smallest absolute Gasteiger partial charge is 0.255 e. The van der Waals surface area contributed by atoms with Crippen molar-refractivity contribution in [3.8, 4) is 11.5 Å². The van der Waals surface area contributed by atoms with E-state index in [1.165, 1.54) is 0 Å². The van der Waals surface area contributed by atoms with Crippen molar-refractivity contribution in [1.29, 1.82) is 0 Å². The summed E-state index contributed by atoms with van der Waals surface area (Å²) >= 11 is 1.65. The lowest BCUT2D eigenvalue weighted by atomic mass is 9.95. The zero-order valence-electron chi connectivity index (χ0n) is 18.6. The van der Waals surface area contributed by atoms with Gasteiger partial charge in [-0.3, -0.25) is 4.79 Å². The molecule has 6 nitrogen and oxygen atoms in total. The molecule has 2 aromatic carbocycles. The summed E-state index contributed by atoms with van der Waals surface area (Å²) in [5.41, 5.74) is 2.88. The summed E-state index contributed by atoms with van der Waals surface area (Å²) in [6, 6.07) is 14.5. The zero-order valence-corrected chi connectivity index (χ0v) is 19.4. The van der Waals surface area contributed by atoms with E-state index in [-0.39, 0.29) is 5.91 Å². The Kier molecular flexibility index (Phi) is 7.63. The number of ether oxygens (including phenoxy) is 2. The van der Waals surface area contributed by atoms with Crippen molar-refractivity contribution in [3.63, 3.8) is 0 Å². The number of benzene rings is 2. The second-order valence-electron chi connectivity index (χ2n) is 7.63. The average molecular weight is 440 g/mol. The topological polar surface area (TPSA) is 72.0 Å². The van der Waals surface area contributed by atoms with Gasteiger partial charge >= 0.3 is 0 Å². The molecule has 0 aromatic heterocycles. The summed E-state index contributed by atoms with van der Waals surface area (Å²) in [6.07, 6.45) is 0. The van der Waals surface area contributed by atoms with Gasteiger partial charge in [-0.25, -0.2) is 4.99 Å². The Morgan fingerprint density at radius 3 is 2.55 bits per heavy atom. The molecule has 1 aliphatic rings. The summed E-state index contributed by atoms with van der Waals surface area (Å²) in [6.45, 7) is 6.25. The fourth-order valence-electron chi connectivity index (χ4n) is 3.25. The van der Waals surface area contributed by atoms with Crippen LogP contribution in [-0.2, 0) is 4.79 Å². The van der Waals surface area contributed by atoms with Crippen molar-refractivity contribution in [3.05, 3.63) is 65.4 Å². The first-order valence-corrected chi connectivity index (χ1v) is 11.2. The van der Waals surface area contributed by atoms with Gasteiger partial charge in [0.25, 0.3) is 5.91 Å². The lowest BCUT2D eigenvalue weighted by Gasteiger charge is -2.27. The van der Waals surface area contributed by atoms with Crippen LogP contribution in [0.2, 0.25) is 0 Å². The molecule has 1 atom stereocenters. The maximum Gasteiger partial charge on any atom is 0.255 e. The highest BCUT2D eigenvalue weighted by molar-refractivity contribution is 8.13. The maximum atomic E-state index is 13.3. The van der Waals surface area contributed by atoms with Gasteiger partial charge in [0.1, 0.15) is 17.5 Å². The number of amides is 1. The quantitative estimate of drug-likeness (QED) is 0.635. The summed E-state index contributed by atoms with van der Waals surface area (Å²) in [5, 5.41) is 7.10. The van der Waals surface area contributed by atoms with Gasteiger partial charge in [-0.05, 0) is 37.1 Å². The minimum absolute atomic E-state index is 0.198. The first-order valence-electron chi connectivity index (χ1n) is 10.2. The standard InChI is InChI=1S/C24H29N3O3S/c1-15(2)14-31-24-25-16(3)21(23(28)26-17-9-7-6-8-10-17)22(27-24)19-12-11-18(29-4)13-20(19)30-5/h6-13,15,22H,14H2,1-5H3,(H,25,27)(H,26,28). The molecule has 2 N–H and O–H groups in total. The van der Waals surface area contributed by atoms with Crippen molar-refractivity contribution in [1.82, 2.24) is 5.32 Å². The van der Waals surface area contributed by atoms with Crippen LogP contribution in [0.15, 0.2) is 64.8 Å². The molecule has 1 heterocycles. The largest absolute Gasteiger partial charge is 0.497 e. The molecule has 0 saturated heterocycles. The van der Waals surface area contributed by atoms with Crippen molar-refractivity contribution in [2.45, 2.75) is 26.8 Å². The van der Waals surface area contributed by atoms with Crippen LogP contribution in [0.4, 0.5) is 5.69 Å². The van der Waals surface area contributed by atoms with E-state index in [4.69, 9.17) is 14.5 Å². The highest BCUT2D eigenvalue weighted by Gasteiger charge is 2.31. The first kappa shape index (κ1) is 22.7. The Bertz CT molecular complexity index is 987. The van der Waals surface area contributed by atoms with Crippen LogP contribution in [0.25, 0.3) is 0 Å². The molecule has 0 radical (unpaired) electrons. The number of rotatable bonds is 7. The van der Waals surface area contributed by atoms with Crippen molar-refractivity contribution < 1.29 is 14.3 Å². The van der Waals surface area contributed by atoms with Crippen molar-refractivity contribution in [2.75, 3.05) is 25.3 Å². The summed E-state index contributed by atoms with van der Waals surface area (Å²) < 4.78 is 11.0. The Balaban J connectivity index is 2.01. The molecule has 3 rings (SSSR count). The summed E-state index contributed by atoms with van der Waals surface area (Å²) in [4.78, 5) is 18.2. The molecule has 0 bridgehead atoms. The molecule has 164 valence electrons. The molecule has 31 heavy (non-hydrogen) atoms. The second-order valence-corrected chi connectivity index (χ2v) is 8.64. The SMILES string of the molecule is COc1ccc(C2N=C(SCC(C)C)NC(C)=C2C(=O)Nc2ccccc2)c(OC)c1. The van der Waals surface area contributed by atoms with Gasteiger partial charge < -0.3 is 20.1 Å². The lowest BCUT2D eigenvalue weighted by molar-refractivity contribution is -0.113. The molecule has 0 fully saturated rings. The van der Waals surface area contributed by atoms with Gasteiger partial charge in [-0.1, -0.05) is 43.8 Å². The Labute approximate surface area is 188 Å². The van der Waals surface area contributed by atoms with Gasteiger partial charge in [-0.15, -0.1) is 0 Å². The van der Waals surface area contributed by atoms with Gasteiger partial charge in [-0.2, -0.15) is 0 Å². The normalized spacial score (nSPS) is 15.9. The molecule has 1 aliphatic heterocycles. The number of hydrogen-bond acceptors (Lipinski definition) is 6. The molecule has 0 saturated carbocycles. The minimum atomic E-state index is -0.500. The average Bonchev–Trinajstić information content (AvgIpc) is 2.77. The third kappa shape index (κ3) is 5.61. The van der Waals surface area contributed by atoms with Crippen LogP contribution in [0.5, 0.6) is 11.5 Å². The minimum Gasteiger partial charge on any atom is -0.497 e. The molecule has 0 aliphatic carbocycles. The third-order valence-corrected chi connectivity index (χ3v) is 6.10. The highest BCUT2D eigenvalue weighted by Crippen LogP contribution is 2.39.